The number of halogens is 3. The molecule has 0 saturated heterocycles. The molecule has 3 nitrogen and oxygen atoms in total. The van der Waals surface area contributed by atoms with Crippen LogP contribution in [0.15, 0.2) is 78.9 Å². The molecule has 3 rings (SSSR count). The second-order valence-electron chi connectivity index (χ2n) is 7.78. The molecule has 2 N–H and O–H groups in total. The fourth-order valence-corrected chi connectivity index (χ4v) is 3.75. The van der Waals surface area contributed by atoms with E-state index in [4.69, 9.17) is 0 Å². The summed E-state index contributed by atoms with van der Waals surface area (Å²) < 4.78 is 39.0. The number of carbonyl (C=O) groups is 1. The number of hydrogen-bond donors (Lipinski definition) is 2. The molecule has 0 spiro atoms. The minimum absolute atomic E-state index is 0.105. The van der Waals surface area contributed by atoms with Gasteiger partial charge in [0.2, 0.25) is 5.91 Å². The van der Waals surface area contributed by atoms with E-state index in [1.54, 1.807) is 19.2 Å². The van der Waals surface area contributed by atoms with Gasteiger partial charge in [-0.1, -0.05) is 72.3 Å². The first-order valence-electron chi connectivity index (χ1n) is 10.5. The Labute approximate surface area is 186 Å². The van der Waals surface area contributed by atoms with Crippen molar-refractivity contribution in [1.82, 2.24) is 10.6 Å². The second kappa shape index (κ2) is 10.5. The molecule has 0 aliphatic heterocycles. The SMILES string of the molecule is CNC(=O)[C@H](NCC[C@H](c1ccc(C)cc1)c1ccc(C(F)(F)F)cc1)c1ccccc1. The van der Waals surface area contributed by atoms with Crippen LogP contribution < -0.4 is 10.6 Å². The first kappa shape index (κ1) is 23.5. The van der Waals surface area contributed by atoms with Gasteiger partial charge in [-0.25, -0.2) is 0 Å². The van der Waals surface area contributed by atoms with Gasteiger partial charge < -0.3 is 10.6 Å². The van der Waals surface area contributed by atoms with E-state index in [1.165, 1.54) is 0 Å². The maximum Gasteiger partial charge on any atom is 0.416 e. The van der Waals surface area contributed by atoms with E-state index in [-0.39, 0.29) is 11.8 Å². The van der Waals surface area contributed by atoms with Crippen LogP contribution in [0.5, 0.6) is 0 Å². The Bertz CT molecular complexity index is 1000. The largest absolute Gasteiger partial charge is 0.416 e. The molecule has 1 amide bonds. The third kappa shape index (κ3) is 5.98. The van der Waals surface area contributed by atoms with Crippen molar-refractivity contribution in [3.8, 4) is 0 Å². The van der Waals surface area contributed by atoms with E-state index in [0.29, 0.717) is 13.0 Å². The van der Waals surface area contributed by atoms with Crippen molar-refractivity contribution in [2.45, 2.75) is 31.5 Å². The third-order valence-electron chi connectivity index (χ3n) is 5.54. The van der Waals surface area contributed by atoms with Crippen molar-refractivity contribution in [2.24, 2.45) is 0 Å². The van der Waals surface area contributed by atoms with Gasteiger partial charge in [0, 0.05) is 13.0 Å². The molecule has 0 aliphatic rings. The summed E-state index contributed by atoms with van der Waals surface area (Å²) in [7, 11) is 1.59. The summed E-state index contributed by atoms with van der Waals surface area (Å²) in [4.78, 5) is 12.4. The first-order chi connectivity index (χ1) is 15.3. The smallest absolute Gasteiger partial charge is 0.358 e. The van der Waals surface area contributed by atoms with Gasteiger partial charge in [0.25, 0.3) is 0 Å². The lowest BCUT2D eigenvalue weighted by atomic mass is 9.87. The normalized spacial score (nSPS) is 13.4. The lowest BCUT2D eigenvalue weighted by Crippen LogP contribution is -2.36. The molecule has 168 valence electrons. The van der Waals surface area contributed by atoms with Crippen molar-refractivity contribution in [2.75, 3.05) is 13.6 Å². The fourth-order valence-electron chi connectivity index (χ4n) is 3.75. The molecule has 0 aromatic heterocycles. The molecule has 0 bridgehead atoms. The maximum atomic E-state index is 13.0. The number of amides is 1. The molecule has 3 aromatic carbocycles. The van der Waals surface area contributed by atoms with Gasteiger partial charge in [0.05, 0.1) is 5.56 Å². The Hall–Kier alpha value is -3.12. The zero-order valence-electron chi connectivity index (χ0n) is 18.1. The predicted octanol–water partition coefficient (Wildman–Crippen LogP) is 5.61. The summed E-state index contributed by atoms with van der Waals surface area (Å²) in [5.74, 6) is -0.246. The molecule has 2 atom stereocenters. The number of hydrogen-bond acceptors (Lipinski definition) is 2. The number of aryl methyl sites for hydroxylation is 1. The zero-order chi connectivity index (χ0) is 23.1. The van der Waals surface area contributed by atoms with Crippen molar-refractivity contribution >= 4 is 5.91 Å². The van der Waals surface area contributed by atoms with E-state index < -0.39 is 17.8 Å². The van der Waals surface area contributed by atoms with Crippen molar-refractivity contribution in [3.63, 3.8) is 0 Å². The Kier molecular flexibility index (Phi) is 7.70. The summed E-state index contributed by atoms with van der Waals surface area (Å²) in [6.07, 6.45) is -3.75. The van der Waals surface area contributed by atoms with Crippen LogP contribution in [-0.2, 0) is 11.0 Å². The van der Waals surface area contributed by atoms with Crippen LogP contribution in [0.1, 0.15) is 46.2 Å². The molecule has 0 saturated carbocycles. The number of nitrogens with one attached hydrogen (secondary N) is 2. The second-order valence-corrected chi connectivity index (χ2v) is 7.78. The van der Waals surface area contributed by atoms with Crippen molar-refractivity contribution in [1.29, 1.82) is 0 Å². The van der Waals surface area contributed by atoms with Crippen LogP contribution in [-0.4, -0.2) is 19.5 Å². The Morgan fingerprint density at radius 1 is 0.844 bits per heavy atom. The van der Waals surface area contributed by atoms with Crippen LogP contribution in [0.2, 0.25) is 0 Å². The number of rotatable bonds is 8. The summed E-state index contributed by atoms with van der Waals surface area (Å²) in [5.41, 5.74) is 3.13. The van der Waals surface area contributed by atoms with Crippen LogP contribution in [0.25, 0.3) is 0 Å². The molecule has 0 heterocycles. The molecular weight excluding hydrogens is 413 g/mol. The number of carbonyl (C=O) groups excluding carboxylic acids is 1. The standard InChI is InChI=1S/C26H27F3N2O/c1-18-8-10-19(11-9-18)23(20-12-14-22(15-13-20)26(27,28)29)16-17-31-24(25(32)30-2)21-6-4-3-5-7-21/h3-15,23-24,31H,16-17H2,1-2H3,(H,30,32)/t23-,24-/m1/s1. The Balaban J connectivity index is 1.81. The van der Waals surface area contributed by atoms with Crippen LogP contribution in [0, 0.1) is 6.92 Å². The number of likely N-dealkylation sites (N-methyl/N-ethyl adjacent to an activating group) is 1. The average Bonchev–Trinajstić information content (AvgIpc) is 2.80. The van der Waals surface area contributed by atoms with E-state index in [1.807, 2.05) is 61.5 Å². The van der Waals surface area contributed by atoms with E-state index in [2.05, 4.69) is 10.6 Å². The predicted molar refractivity (Wildman–Crippen MR) is 120 cm³/mol. The zero-order valence-corrected chi connectivity index (χ0v) is 18.1. The van der Waals surface area contributed by atoms with Gasteiger partial charge in [-0.05, 0) is 48.7 Å². The highest BCUT2D eigenvalue weighted by atomic mass is 19.4. The molecule has 0 radical (unpaired) electrons. The van der Waals surface area contributed by atoms with Crippen LogP contribution in [0.3, 0.4) is 0 Å². The van der Waals surface area contributed by atoms with Crippen molar-refractivity contribution in [3.05, 3.63) is 107 Å². The van der Waals surface area contributed by atoms with Gasteiger partial charge in [0.15, 0.2) is 0 Å². The number of alkyl halides is 3. The topological polar surface area (TPSA) is 41.1 Å². The minimum atomic E-state index is -4.37. The van der Waals surface area contributed by atoms with Gasteiger partial charge >= 0.3 is 6.18 Å². The average molecular weight is 441 g/mol. The van der Waals surface area contributed by atoms with Gasteiger partial charge in [-0.15, -0.1) is 0 Å². The number of benzene rings is 3. The molecular formula is C26H27F3N2O. The molecule has 6 heteroatoms. The minimum Gasteiger partial charge on any atom is -0.358 e. The highest BCUT2D eigenvalue weighted by Gasteiger charge is 2.30. The molecule has 3 aromatic rings. The van der Waals surface area contributed by atoms with E-state index in [9.17, 15) is 18.0 Å². The maximum absolute atomic E-state index is 13.0. The molecule has 0 unspecified atom stereocenters. The molecule has 0 aliphatic carbocycles. The van der Waals surface area contributed by atoms with E-state index >= 15 is 0 Å². The Morgan fingerprint density at radius 3 is 1.94 bits per heavy atom. The highest BCUT2D eigenvalue weighted by molar-refractivity contribution is 5.82. The summed E-state index contributed by atoms with van der Waals surface area (Å²) in [6.45, 7) is 2.50. The van der Waals surface area contributed by atoms with Gasteiger partial charge in [-0.3, -0.25) is 4.79 Å². The molecule has 32 heavy (non-hydrogen) atoms. The summed E-state index contributed by atoms with van der Waals surface area (Å²) in [6, 6.07) is 22.3. The monoisotopic (exact) mass is 440 g/mol. The van der Waals surface area contributed by atoms with Gasteiger partial charge in [-0.2, -0.15) is 13.2 Å². The highest BCUT2D eigenvalue weighted by Crippen LogP contribution is 2.33. The van der Waals surface area contributed by atoms with E-state index in [0.717, 1.165) is 34.4 Å². The van der Waals surface area contributed by atoms with Crippen molar-refractivity contribution < 1.29 is 18.0 Å². The van der Waals surface area contributed by atoms with Crippen LogP contribution in [0.4, 0.5) is 13.2 Å². The van der Waals surface area contributed by atoms with Crippen LogP contribution >= 0.6 is 0 Å². The fraction of sp³-hybridized carbons (Fsp3) is 0.269. The summed E-state index contributed by atoms with van der Waals surface area (Å²) in [5, 5.41) is 6.00. The quantitative estimate of drug-likeness (QED) is 0.478. The third-order valence-corrected chi connectivity index (χ3v) is 5.54. The first-order valence-corrected chi connectivity index (χ1v) is 10.5. The van der Waals surface area contributed by atoms with Gasteiger partial charge in [0.1, 0.15) is 6.04 Å². The summed E-state index contributed by atoms with van der Waals surface area (Å²) >= 11 is 0. The molecule has 0 fully saturated rings. The Morgan fingerprint density at radius 2 is 1.41 bits per heavy atom. The lowest BCUT2D eigenvalue weighted by Gasteiger charge is -2.22. The lowest BCUT2D eigenvalue weighted by molar-refractivity contribution is -0.137.